The Balaban J connectivity index is 1.36. The van der Waals surface area contributed by atoms with Crippen LogP contribution < -0.4 is 51.9 Å². The van der Waals surface area contributed by atoms with Crippen LogP contribution in [0.15, 0.2) is 0 Å². The normalized spacial score (nSPS) is 23.9. The molecule has 17 heteroatoms. The first kappa shape index (κ1) is 73.8. The van der Waals surface area contributed by atoms with Crippen molar-refractivity contribution in [2.45, 2.75) is 380 Å². The van der Waals surface area contributed by atoms with Crippen molar-refractivity contribution in [2.75, 3.05) is 60.5 Å². The molecule has 1 aromatic heterocycles. The van der Waals surface area contributed by atoms with Gasteiger partial charge in [-0.15, -0.1) is 0 Å². The number of nitrogens with one attached hydrogen (secondary N) is 7. The minimum Gasteiger partial charge on any atom is -0.338 e. The standard InChI is InChI=1S/C71H137N15O2/c1-24-27-37-82(52-42-62(4,5)77-63(6,7)43-52)57-74-58(83(53-44-64(8,9)78-65(10,11)45-53)38-33-29-28-30-35-40-85(60(87)72-25-2)55-48-68(16,17)80-69(18,19)49-55)76-59(75-57)84(54-46-66(12,13)79-67(14,15)47-54)39-34-31-32-36-41-86(61(88)73-26-3)56-50-70(20,21)81-71(22,23)51-56/h52-56,77-81H,24-51H2,1-23H3,(H,72,87)(H,73,88). The topological polar surface area (TPSA) is 173 Å². The predicted molar refractivity (Wildman–Crippen MR) is 371 cm³/mol. The van der Waals surface area contributed by atoms with E-state index in [-0.39, 0.29) is 97.7 Å². The SMILES string of the molecule is CCCCN(c1nc(N(CCCCCCCN(C(=O)NCC)C2CC(C)(C)NC(C)(C)C2)C2CC(C)(C)NC(C)(C)C2)nc(N(CCCCCCN(C(=O)NCC)C2CC(C)(C)NC(C)(C)C2)C2CC(C)(C)NC(C)(C)C2)n1)C1CC(C)(C)NC(C)(C)C1. The molecule has 0 bridgehead atoms. The number of piperidine rings is 5. The van der Waals surface area contributed by atoms with E-state index in [9.17, 15) is 9.59 Å². The van der Waals surface area contributed by atoms with E-state index < -0.39 is 0 Å². The van der Waals surface area contributed by atoms with Gasteiger partial charge in [-0.3, -0.25) is 0 Å². The monoisotopic (exact) mass is 1230 g/mol. The Morgan fingerprint density at radius 2 is 0.534 bits per heavy atom. The Hall–Kier alpha value is -3.25. The van der Waals surface area contributed by atoms with Gasteiger partial charge in [-0.1, -0.05) is 45.4 Å². The van der Waals surface area contributed by atoms with Crippen LogP contribution in [0, 0.1) is 0 Å². The van der Waals surface area contributed by atoms with Gasteiger partial charge >= 0.3 is 12.1 Å². The van der Waals surface area contributed by atoms with E-state index >= 15 is 0 Å². The van der Waals surface area contributed by atoms with Crippen LogP contribution >= 0.6 is 0 Å². The molecule has 4 amide bonds. The van der Waals surface area contributed by atoms with Crippen molar-refractivity contribution in [3.63, 3.8) is 0 Å². The number of carbonyl (C=O) groups excluding carboxylic acids is 2. The van der Waals surface area contributed by atoms with Crippen molar-refractivity contribution in [3.8, 4) is 0 Å². The van der Waals surface area contributed by atoms with Gasteiger partial charge in [0.1, 0.15) is 0 Å². The van der Waals surface area contributed by atoms with Crippen LogP contribution in [0.4, 0.5) is 27.4 Å². The van der Waals surface area contributed by atoms with Crippen LogP contribution in [0.5, 0.6) is 0 Å². The number of rotatable bonds is 28. The fraction of sp³-hybridized carbons (Fsp3) is 0.930. The number of urea groups is 2. The zero-order chi connectivity index (χ0) is 65.5. The number of nitrogens with zero attached hydrogens (tertiary/aromatic N) is 8. The zero-order valence-electron chi connectivity index (χ0n) is 61.1. The summed E-state index contributed by atoms with van der Waals surface area (Å²) in [6.07, 6.45) is 21.2. The van der Waals surface area contributed by atoms with Gasteiger partial charge in [0, 0.05) is 131 Å². The van der Waals surface area contributed by atoms with Crippen molar-refractivity contribution in [2.24, 2.45) is 0 Å². The van der Waals surface area contributed by atoms with Gasteiger partial charge in [-0.05, 0) is 249 Å². The van der Waals surface area contributed by atoms with Crippen LogP contribution in [-0.2, 0) is 0 Å². The van der Waals surface area contributed by atoms with E-state index in [0.717, 1.165) is 185 Å². The van der Waals surface area contributed by atoms with Crippen LogP contribution in [0.2, 0.25) is 0 Å². The highest BCUT2D eigenvalue weighted by Gasteiger charge is 2.47. The lowest BCUT2D eigenvalue weighted by atomic mass is 9.79. The molecule has 0 aromatic carbocycles. The maximum atomic E-state index is 13.8. The summed E-state index contributed by atoms with van der Waals surface area (Å²) in [5.74, 6) is 2.47. The van der Waals surface area contributed by atoms with Crippen LogP contribution in [0.1, 0.15) is 294 Å². The molecule has 0 unspecified atom stereocenters. The molecule has 0 saturated carbocycles. The lowest BCUT2D eigenvalue weighted by molar-refractivity contribution is 0.0809. The largest absolute Gasteiger partial charge is 0.338 e. The Morgan fingerprint density at radius 1 is 0.330 bits per heavy atom. The molecule has 5 saturated heterocycles. The van der Waals surface area contributed by atoms with E-state index in [1.165, 1.54) is 0 Å². The Morgan fingerprint density at radius 3 is 0.761 bits per heavy atom. The lowest BCUT2D eigenvalue weighted by Crippen LogP contribution is -2.63. The second-order valence-electron chi connectivity index (χ2n) is 35.2. The van der Waals surface area contributed by atoms with Crippen molar-refractivity contribution < 1.29 is 9.59 Å². The molecule has 0 aliphatic carbocycles. The minimum atomic E-state index is -0.0945. The van der Waals surface area contributed by atoms with E-state index in [1.807, 2.05) is 13.8 Å². The summed E-state index contributed by atoms with van der Waals surface area (Å²) >= 11 is 0. The first-order chi connectivity index (χ1) is 40.6. The van der Waals surface area contributed by atoms with Crippen molar-refractivity contribution >= 4 is 29.9 Å². The van der Waals surface area contributed by atoms with Gasteiger partial charge in [0.2, 0.25) is 17.8 Å². The number of anilines is 3. The summed E-state index contributed by atoms with van der Waals surface area (Å²) in [7, 11) is 0. The van der Waals surface area contributed by atoms with E-state index in [0.29, 0.717) is 13.1 Å². The molecule has 88 heavy (non-hydrogen) atoms. The third-order valence-electron chi connectivity index (χ3n) is 19.7. The van der Waals surface area contributed by atoms with E-state index in [2.05, 4.69) is 207 Å². The van der Waals surface area contributed by atoms with Gasteiger partial charge in [0.05, 0.1) is 0 Å². The molecule has 0 atom stereocenters. The highest BCUT2D eigenvalue weighted by molar-refractivity contribution is 5.75. The first-order valence-electron chi connectivity index (χ1n) is 35.7. The molecule has 6 heterocycles. The Kier molecular flexibility index (Phi) is 24.6. The molecule has 0 spiro atoms. The van der Waals surface area contributed by atoms with E-state index in [1.54, 1.807) is 0 Å². The summed E-state index contributed by atoms with van der Waals surface area (Å²) in [5.41, 5.74) is -0.693. The van der Waals surface area contributed by atoms with Crippen LogP contribution in [-0.4, -0.2) is 168 Å². The molecular weight excluding hydrogens is 1090 g/mol. The van der Waals surface area contributed by atoms with Gasteiger partial charge in [0.15, 0.2) is 0 Å². The summed E-state index contributed by atoms with van der Waals surface area (Å²) in [6.45, 7) is 58.5. The highest BCUT2D eigenvalue weighted by atomic mass is 16.2. The molecule has 7 N–H and O–H groups in total. The first-order valence-corrected chi connectivity index (χ1v) is 35.7. The molecular formula is C71H137N15O2. The van der Waals surface area contributed by atoms with Gasteiger partial charge < -0.3 is 61.7 Å². The fourth-order valence-electron chi connectivity index (χ4n) is 18.3. The lowest BCUT2D eigenvalue weighted by Gasteiger charge is -2.51. The molecule has 1 aromatic rings. The second kappa shape index (κ2) is 29.4. The quantitative estimate of drug-likeness (QED) is 0.0396. The van der Waals surface area contributed by atoms with Crippen molar-refractivity contribution in [3.05, 3.63) is 0 Å². The van der Waals surface area contributed by atoms with Crippen LogP contribution in [0.25, 0.3) is 0 Å². The molecule has 508 valence electrons. The Labute approximate surface area is 539 Å². The average molecular weight is 1230 g/mol. The fourth-order valence-corrected chi connectivity index (χ4v) is 18.3. The number of aromatic nitrogens is 3. The van der Waals surface area contributed by atoms with Gasteiger partial charge in [-0.25, -0.2) is 9.59 Å². The Bertz CT molecular complexity index is 2300. The molecule has 17 nitrogen and oxygen atoms in total. The highest BCUT2D eigenvalue weighted by Crippen LogP contribution is 2.40. The molecule has 6 rings (SSSR count). The predicted octanol–water partition coefficient (Wildman–Crippen LogP) is 13.2. The van der Waals surface area contributed by atoms with Gasteiger partial charge in [0.25, 0.3) is 0 Å². The van der Waals surface area contributed by atoms with Crippen LogP contribution in [0.3, 0.4) is 0 Å². The van der Waals surface area contributed by atoms with E-state index in [4.69, 9.17) is 15.0 Å². The summed E-state index contributed by atoms with van der Waals surface area (Å²) < 4.78 is 0. The van der Waals surface area contributed by atoms with Crippen molar-refractivity contribution in [1.82, 2.24) is 62.0 Å². The maximum Gasteiger partial charge on any atom is 0.317 e. The summed E-state index contributed by atoms with van der Waals surface area (Å²) in [4.78, 5) is 57.3. The third kappa shape index (κ3) is 22.2. The number of hydrogen-bond acceptors (Lipinski definition) is 13. The third-order valence-corrected chi connectivity index (χ3v) is 19.7. The molecule has 0 radical (unpaired) electrons. The molecule has 5 aliphatic rings. The minimum absolute atomic E-state index is 0.0433. The van der Waals surface area contributed by atoms with Gasteiger partial charge in [-0.2, -0.15) is 15.0 Å². The van der Waals surface area contributed by atoms with Crippen molar-refractivity contribution in [1.29, 1.82) is 0 Å². The summed E-state index contributed by atoms with van der Waals surface area (Å²) in [5, 5.41) is 26.1. The number of amides is 4. The zero-order valence-corrected chi connectivity index (χ0v) is 61.1. The smallest absolute Gasteiger partial charge is 0.317 e. The number of carbonyl (C=O) groups is 2. The number of hydrogen-bond donors (Lipinski definition) is 7. The molecule has 5 fully saturated rings. The maximum absolute atomic E-state index is 13.8. The summed E-state index contributed by atoms with van der Waals surface area (Å²) in [6, 6.07) is 1.18. The number of unbranched alkanes of at least 4 members (excludes halogenated alkanes) is 8. The second-order valence-corrected chi connectivity index (χ2v) is 35.2. The average Bonchev–Trinajstić information content (AvgIpc) is 2.19. The molecule has 5 aliphatic heterocycles.